The number of likely N-dealkylation sites (N-methyl/N-ethyl adjacent to an activating group) is 1. The minimum atomic E-state index is 0.548. The van der Waals surface area contributed by atoms with Crippen molar-refractivity contribution in [3.8, 4) is 0 Å². The van der Waals surface area contributed by atoms with E-state index in [1.54, 1.807) is 0 Å². The maximum atomic E-state index is 5.64. The summed E-state index contributed by atoms with van der Waals surface area (Å²) in [7, 11) is 1.90. The molecule has 9 heteroatoms. The summed E-state index contributed by atoms with van der Waals surface area (Å²) < 4.78 is 43.9. The Morgan fingerprint density at radius 2 is 0.579 bits per heavy atom. The third-order valence-electron chi connectivity index (χ3n) is 5.74. The van der Waals surface area contributed by atoms with Crippen LogP contribution in [0.4, 0.5) is 0 Å². The number of rotatable bonds is 35. The van der Waals surface area contributed by atoms with Crippen LogP contribution < -0.4 is 5.32 Å². The van der Waals surface area contributed by atoms with Crippen LogP contribution in [0.3, 0.4) is 0 Å². The van der Waals surface area contributed by atoms with Gasteiger partial charge in [0.2, 0.25) is 0 Å². The van der Waals surface area contributed by atoms with Crippen LogP contribution in [0.25, 0.3) is 0 Å². The molecular weight excluding hydrogens is 490 g/mol. The molecule has 0 aliphatic rings. The van der Waals surface area contributed by atoms with Gasteiger partial charge >= 0.3 is 0 Å². The Bertz CT molecular complexity index is 371. The van der Waals surface area contributed by atoms with Gasteiger partial charge in [0.1, 0.15) is 0 Å². The van der Waals surface area contributed by atoms with E-state index in [2.05, 4.69) is 12.2 Å². The van der Waals surface area contributed by atoms with Gasteiger partial charge in [0, 0.05) is 13.2 Å². The number of hydrogen-bond acceptors (Lipinski definition) is 9. The van der Waals surface area contributed by atoms with Crippen LogP contribution in [0.15, 0.2) is 0 Å². The zero-order chi connectivity index (χ0) is 27.5. The van der Waals surface area contributed by atoms with Crippen molar-refractivity contribution in [2.24, 2.45) is 0 Å². The van der Waals surface area contributed by atoms with Gasteiger partial charge in [0.25, 0.3) is 0 Å². The molecular formula is C29H61NO8. The summed E-state index contributed by atoms with van der Waals surface area (Å²) in [6.07, 6.45) is 13.5. The fourth-order valence-corrected chi connectivity index (χ4v) is 3.51. The molecule has 0 heterocycles. The van der Waals surface area contributed by atoms with E-state index in [4.69, 9.17) is 37.9 Å². The molecule has 0 saturated heterocycles. The topological polar surface area (TPSA) is 85.9 Å². The lowest BCUT2D eigenvalue weighted by atomic mass is 10.1. The van der Waals surface area contributed by atoms with Crippen LogP contribution in [0.2, 0.25) is 0 Å². The van der Waals surface area contributed by atoms with Crippen molar-refractivity contribution in [1.82, 2.24) is 5.32 Å². The van der Waals surface area contributed by atoms with E-state index >= 15 is 0 Å². The van der Waals surface area contributed by atoms with Crippen molar-refractivity contribution in [2.75, 3.05) is 119 Å². The number of unbranched alkanes of at least 4 members (excludes halogenated alkanes) is 9. The molecule has 1 N–H and O–H groups in total. The molecule has 0 atom stereocenters. The molecule has 230 valence electrons. The first-order valence-electron chi connectivity index (χ1n) is 15.2. The molecule has 9 nitrogen and oxygen atoms in total. The number of ether oxygens (including phenoxy) is 8. The summed E-state index contributed by atoms with van der Waals surface area (Å²) in [4.78, 5) is 0. The molecule has 0 aliphatic heterocycles. The average Bonchev–Trinajstić information content (AvgIpc) is 2.93. The molecule has 0 unspecified atom stereocenters. The normalized spacial score (nSPS) is 11.5. The van der Waals surface area contributed by atoms with E-state index in [0.29, 0.717) is 99.1 Å². The van der Waals surface area contributed by atoms with E-state index in [0.717, 1.165) is 19.6 Å². The molecule has 0 bridgehead atoms. The molecule has 0 radical (unpaired) electrons. The smallest absolute Gasteiger partial charge is 0.0701 e. The predicted molar refractivity (Wildman–Crippen MR) is 152 cm³/mol. The zero-order valence-electron chi connectivity index (χ0n) is 24.9. The Hall–Kier alpha value is -0.360. The lowest BCUT2D eigenvalue weighted by Gasteiger charge is -2.08. The van der Waals surface area contributed by atoms with Gasteiger partial charge in [-0.1, -0.05) is 64.7 Å². The molecule has 0 aromatic rings. The van der Waals surface area contributed by atoms with Gasteiger partial charge in [0.15, 0.2) is 0 Å². The summed E-state index contributed by atoms with van der Waals surface area (Å²) >= 11 is 0. The molecule has 0 fully saturated rings. The highest BCUT2D eigenvalue weighted by molar-refractivity contribution is 4.47. The SMILES string of the molecule is CCCCCCCCCCCCOCCOCCOCCOCCOCCOCCOCCOCCNC. The summed E-state index contributed by atoms with van der Waals surface area (Å²) in [5.74, 6) is 0. The zero-order valence-corrected chi connectivity index (χ0v) is 24.9. The largest absolute Gasteiger partial charge is 0.379 e. The Morgan fingerprint density at radius 1 is 0.316 bits per heavy atom. The third-order valence-corrected chi connectivity index (χ3v) is 5.74. The van der Waals surface area contributed by atoms with Crippen LogP contribution in [0.5, 0.6) is 0 Å². The highest BCUT2D eigenvalue weighted by Gasteiger charge is 1.96. The number of nitrogens with one attached hydrogen (secondary N) is 1. The summed E-state index contributed by atoms with van der Waals surface area (Å²) in [6, 6.07) is 0. The molecule has 0 aromatic carbocycles. The Balaban J connectivity index is 3.01. The van der Waals surface area contributed by atoms with E-state index in [1.807, 2.05) is 7.05 Å². The van der Waals surface area contributed by atoms with Crippen LogP contribution in [-0.2, 0) is 37.9 Å². The minimum absolute atomic E-state index is 0.548. The van der Waals surface area contributed by atoms with Crippen molar-refractivity contribution in [3.63, 3.8) is 0 Å². The molecule has 0 rings (SSSR count). The second kappa shape index (κ2) is 36.6. The van der Waals surface area contributed by atoms with Crippen LogP contribution >= 0.6 is 0 Å². The first-order valence-corrected chi connectivity index (χ1v) is 15.2. The van der Waals surface area contributed by atoms with Gasteiger partial charge in [-0.3, -0.25) is 0 Å². The van der Waals surface area contributed by atoms with E-state index < -0.39 is 0 Å². The highest BCUT2D eigenvalue weighted by atomic mass is 16.6. The fraction of sp³-hybridized carbons (Fsp3) is 1.00. The molecule has 0 aromatic heterocycles. The molecule has 0 saturated carbocycles. The monoisotopic (exact) mass is 551 g/mol. The Morgan fingerprint density at radius 3 is 0.895 bits per heavy atom. The number of hydrogen-bond donors (Lipinski definition) is 1. The van der Waals surface area contributed by atoms with Crippen LogP contribution in [0, 0.1) is 0 Å². The molecule has 38 heavy (non-hydrogen) atoms. The maximum absolute atomic E-state index is 5.64. The highest BCUT2D eigenvalue weighted by Crippen LogP contribution is 2.10. The lowest BCUT2D eigenvalue weighted by molar-refractivity contribution is -0.0230. The maximum Gasteiger partial charge on any atom is 0.0701 e. The molecule has 0 spiro atoms. The van der Waals surface area contributed by atoms with Crippen molar-refractivity contribution in [2.45, 2.75) is 71.1 Å². The van der Waals surface area contributed by atoms with E-state index in [9.17, 15) is 0 Å². The van der Waals surface area contributed by atoms with E-state index in [-0.39, 0.29) is 0 Å². The lowest BCUT2D eigenvalue weighted by Crippen LogP contribution is -2.17. The summed E-state index contributed by atoms with van der Waals surface area (Å²) in [6.45, 7) is 12.7. The Labute approximate surface area is 233 Å². The van der Waals surface area contributed by atoms with Gasteiger partial charge in [-0.15, -0.1) is 0 Å². The van der Waals surface area contributed by atoms with E-state index in [1.165, 1.54) is 57.8 Å². The van der Waals surface area contributed by atoms with Crippen molar-refractivity contribution < 1.29 is 37.9 Å². The van der Waals surface area contributed by atoms with Gasteiger partial charge < -0.3 is 43.2 Å². The van der Waals surface area contributed by atoms with Gasteiger partial charge in [-0.05, 0) is 13.5 Å². The predicted octanol–water partition coefficient (Wildman–Crippen LogP) is 4.26. The first kappa shape index (κ1) is 37.6. The van der Waals surface area contributed by atoms with Gasteiger partial charge in [-0.2, -0.15) is 0 Å². The van der Waals surface area contributed by atoms with Gasteiger partial charge in [-0.25, -0.2) is 0 Å². The summed E-state index contributed by atoms with van der Waals surface area (Å²) in [5.41, 5.74) is 0. The summed E-state index contributed by atoms with van der Waals surface area (Å²) in [5, 5.41) is 3.02. The fourth-order valence-electron chi connectivity index (χ4n) is 3.51. The second-order valence-electron chi connectivity index (χ2n) is 9.18. The average molecular weight is 552 g/mol. The first-order chi connectivity index (χ1) is 18.9. The van der Waals surface area contributed by atoms with Crippen LogP contribution in [-0.4, -0.2) is 119 Å². The molecule has 0 aliphatic carbocycles. The van der Waals surface area contributed by atoms with Crippen LogP contribution in [0.1, 0.15) is 71.1 Å². The van der Waals surface area contributed by atoms with Crippen molar-refractivity contribution in [1.29, 1.82) is 0 Å². The third kappa shape index (κ3) is 35.6. The minimum Gasteiger partial charge on any atom is -0.379 e. The van der Waals surface area contributed by atoms with Crippen molar-refractivity contribution in [3.05, 3.63) is 0 Å². The Kier molecular flexibility index (Phi) is 36.3. The quantitative estimate of drug-likeness (QED) is 0.116. The van der Waals surface area contributed by atoms with Gasteiger partial charge in [0.05, 0.1) is 99.1 Å². The second-order valence-corrected chi connectivity index (χ2v) is 9.18. The molecule has 0 amide bonds. The van der Waals surface area contributed by atoms with Crippen molar-refractivity contribution >= 4 is 0 Å². The standard InChI is InChI=1S/C29H61NO8/c1-3-4-5-6-7-8-9-10-11-12-14-31-16-18-33-20-22-35-24-26-37-28-29-38-27-25-36-23-21-34-19-17-32-15-13-30-2/h30H,3-29H2,1-2H3.